The van der Waals surface area contributed by atoms with Crippen LogP contribution in [-0.2, 0) is 9.53 Å². The summed E-state index contributed by atoms with van der Waals surface area (Å²) in [7, 11) is 1.36. The van der Waals surface area contributed by atoms with E-state index in [4.69, 9.17) is 14.2 Å². The molecule has 1 amide bonds. The maximum atomic E-state index is 12.4. The van der Waals surface area contributed by atoms with E-state index in [1.807, 2.05) is 0 Å². The topological polar surface area (TPSA) is 108 Å². The number of nitro groups is 1. The number of amides is 1. The Bertz CT molecular complexity index is 699. The predicted molar refractivity (Wildman–Crippen MR) is 91.5 cm³/mol. The van der Waals surface area contributed by atoms with E-state index in [1.165, 1.54) is 20.1 Å². The van der Waals surface area contributed by atoms with Gasteiger partial charge in [0.1, 0.15) is 5.56 Å². The quantitative estimate of drug-likeness (QED) is 0.413. The molecule has 1 saturated heterocycles. The molecule has 2 rings (SSSR count). The molecule has 0 saturated carbocycles. The Morgan fingerprint density at radius 3 is 2.46 bits per heavy atom. The van der Waals surface area contributed by atoms with Crippen LogP contribution < -0.4 is 9.47 Å². The number of ether oxygens (including phenoxy) is 3. The van der Waals surface area contributed by atoms with Crippen molar-refractivity contribution < 1.29 is 28.7 Å². The first-order valence-corrected chi connectivity index (χ1v) is 8.38. The van der Waals surface area contributed by atoms with Crippen LogP contribution in [0.15, 0.2) is 12.1 Å². The van der Waals surface area contributed by atoms with Crippen molar-refractivity contribution in [1.82, 2.24) is 4.90 Å². The van der Waals surface area contributed by atoms with Crippen molar-refractivity contribution in [3.63, 3.8) is 0 Å². The van der Waals surface area contributed by atoms with E-state index in [1.54, 1.807) is 11.8 Å². The maximum absolute atomic E-state index is 12.4. The second-order valence-corrected chi connectivity index (χ2v) is 5.79. The van der Waals surface area contributed by atoms with Crippen molar-refractivity contribution >= 4 is 17.6 Å². The molecule has 0 aromatic heterocycles. The van der Waals surface area contributed by atoms with E-state index in [2.05, 4.69) is 0 Å². The fourth-order valence-corrected chi connectivity index (χ4v) is 2.76. The molecule has 26 heavy (non-hydrogen) atoms. The molecule has 9 nitrogen and oxygen atoms in total. The highest BCUT2D eigenvalue weighted by Gasteiger charge is 2.30. The van der Waals surface area contributed by atoms with Crippen LogP contribution in [0.25, 0.3) is 0 Å². The average Bonchev–Trinajstić information content (AvgIpc) is 3.15. The van der Waals surface area contributed by atoms with Gasteiger partial charge in [-0.1, -0.05) is 0 Å². The van der Waals surface area contributed by atoms with Crippen LogP contribution in [0.5, 0.6) is 11.5 Å². The summed E-state index contributed by atoms with van der Waals surface area (Å²) in [4.78, 5) is 37.0. The highest BCUT2D eigenvalue weighted by atomic mass is 16.6. The molecule has 1 aromatic rings. The van der Waals surface area contributed by atoms with Gasteiger partial charge in [-0.05, 0) is 26.7 Å². The first kappa shape index (κ1) is 19.5. The van der Waals surface area contributed by atoms with Gasteiger partial charge < -0.3 is 19.1 Å². The lowest BCUT2D eigenvalue weighted by molar-refractivity contribution is -0.385. The van der Waals surface area contributed by atoms with Crippen molar-refractivity contribution in [2.45, 2.75) is 32.8 Å². The highest BCUT2D eigenvalue weighted by Crippen LogP contribution is 2.35. The number of rotatable bonds is 7. The number of carbonyl (C=O) groups is 2. The molecular weight excluding hydrogens is 344 g/mol. The summed E-state index contributed by atoms with van der Waals surface area (Å²) in [5, 5.41) is 11.3. The third kappa shape index (κ3) is 4.22. The summed E-state index contributed by atoms with van der Waals surface area (Å²) in [5.74, 6) is -0.947. The number of esters is 1. The summed E-state index contributed by atoms with van der Waals surface area (Å²) in [6, 6.07) is 2.31. The van der Waals surface area contributed by atoms with E-state index >= 15 is 0 Å². The Morgan fingerprint density at radius 1 is 1.27 bits per heavy atom. The van der Waals surface area contributed by atoms with Crippen LogP contribution in [0, 0.1) is 10.1 Å². The van der Waals surface area contributed by atoms with Crippen LogP contribution in [0.2, 0.25) is 0 Å². The Labute approximate surface area is 151 Å². The molecule has 1 unspecified atom stereocenters. The monoisotopic (exact) mass is 366 g/mol. The van der Waals surface area contributed by atoms with Gasteiger partial charge in [-0.25, -0.2) is 4.79 Å². The number of hydrogen-bond acceptors (Lipinski definition) is 7. The van der Waals surface area contributed by atoms with Crippen molar-refractivity contribution in [1.29, 1.82) is 0 Å². The number of likely N-dealkylation sites (tertiary alicyclic amines) is 1. The molecule has 0 N–H and O–H groups in total. The maximum Gasteiger partial charge on any atom is 0.346 e. The van der Waals surface area contributed by atoms with Crippen molar-refractivity contribution in [2.24, 2.45) is 0 Å². The van der Waals surface area contributed by atoms with E-state index in [0.717, 1.165) is 18.9 Å². The van der Waals surface area contributed by atoms with E-state index in [0.29, 0.717) is 13.1 Å². The standard InChI is InChI=1S/C17H22N2O7/c1-4-25-15-10-13(19(22)23)12(9-14(15)24-3)17(21)26-11(2)16(20)18-7-5-6-8-18/h9-11H,4-8H2,1-3H3. The first-order valence-electron chi connectivity index (χ1n) is 8.38. The summed E-state index contributed by atoms with van der Waals surface area (Å²) in [6.07, 6.45) is 0.792. The number of nitro benzene ring substituents is 1. The summed E-state index contributed by atoms with van der Waals surface area (Å²) in [5.41, 5.74) is -0.767. The molecule has 1 fully saturated rings. The van der Waals surface area contributed by atoms with Gasteiger partial charge in [-0.3, -0.25) is 14.9 Å². The molecule has 1 heterocycles. The fraction of sp³-hybridized carbons (Fsp3) is 0.529. The lowest BCUT2D eigenvalue weighted by atomic mass is 10.1. The second kappa shape index (κ2) is 8.50. The highest BCUT2D eigenvalue weighted by molar-refractivity contribution is 5.96. The average molecular weight is 366 g/mol. The fourth-order valence-electron chi connectivity index (χ4n) is 2.76. The molecule has 0 aliphatic carbocycles. The lowest BCUT2D eigenvalue weighted by Crippen LogP contribution is -2.38. The molecule has 1 atom stereocenters. The number of nitrogens with zero attached hydrogens (tertiary/aromatic N) is 2. The molecule has 0 radical (unpaired) electrons. The molecule has 0 bridgehead atoms. The zero-order chi connectivity index (χ0) is 19.3. The Morgan fingerprint density at radius 2 is 1.92 bits per heavy atom. The molecule has 0 spiro atoms. The second-order valence-electron chi connectivity index (χ2n) is 5.79. The van der Waals surface area contributed by atoms with Gasteiger partial charge in [0.05, 0.1) is 24.7 Å². The third-order valence-corrected chi connectivity index (χ3v) is 4.05. The normalized spacial score (nSPS) is 14.7. The molecule has 1 aromatic carbocycles. The van der Waals surface area contributed by atoms with Gasteiger partial charge in [0.15, 0.2) is 17.6 Å². The Kier molecular flexibility index (Phi) is 6.37. The first-order chi connectivity index (χ1) is 12.4. The number of carbonyl (C=O) groups excluding carboxylic acids is 2. The zero-order valence-corrected chi connectivity index (χ0v) is 15.0. The minimum atomic E-state index is -1.03. The molecular formula is C17H22N2O7. The van der Waals surface area contributed by atoms with Gasteiger partial charge >= 0.3 is 5.97 Å². The Balaban J connectivity index is 2.25. The van der Waals surface area contributed by atoms with Crippen LogP contribution in [0.4, 0.5) is 5.69 Å². The van der Waals surface area contributed by atoms with Crippen LogP contribution in [0.3, 0.4) is 0 Å². The van der Waals surface area contributed by atoms with E-state index < -0.39 is 22.7 Å². The van der Waals surface area contributed by atoms with Crippen molar-refractivity contribution in [3.05, 3.63) is 27.8 Å². The van der Waals surface area contributed by atoms with Crippen molar-refractivity contribution in [2.75, 3.05) is 26.8 Å². The predicted octanol–water partition coefficient (Wildman–Crippen LogP) is 2.17. The number of methoxy groups -OCH3 is 1. The Hall–Kier alpha value is -2.84. The lowest BCUT2D eigenvalue weighted by Gasteiger charge is -2.20. The minimum absolute atomic E-state index is 0.152. The third-order valence-electron chi connectivity index (χ3n) is 4.05. The van der Waals surface area contributed by atoms with Crippen LogP contribution in [-0.4, -0.2) is 54.6 Å². The van der Waals surface area contributed by atoms with Gasteiger partial charge in [-0.15, -0.1) is 0 Å². The van der Waals surface area contributed by atoms with Crippen LogP contribution in [0.1, 0.15) is 37.0 Å². The summed E-state index contributed by atoms with van der Waals surface area (Å²) >= 11 is 0. The number of benzene rings is 1. The van der Waals surface area contributed by atoms with E-state index in [9.17, 15) is 19.7 Å². The van der Waals surface area contributed by atoms with Gasteiger partial charge in [0, 0.05) is 19.2 Å². The molecule has 142 valence electrons. The zero-order valence-electron chi connectivity index (χ0n) is 15.0. The molecule has 1 aliphatic heterocycles. The number of hydrogen-bond donors (Lipinski definition) is 0. The molecule has 1 aliphatic rings. The SMILES string of the molecule is CCOc1cc([N+](=O)[O-])c(C(=O)OC(C)C(=O)N2CCCC2)cc1OC. The minimum Gasteiger partial charge on any atom is -0.493 e. The largest absolute Gasteiger partial charge is 0.493 e. The molecule has 9 heteroatoms. The van der Waals surface area contributed by atoms with E-state index in [-0.39, 0.29) is 29.6 Å². The smallest absolute Gasteiger partial charge is 0.346 e. The van der Waals surface area contributed by atoms with Gasteiger partial charge in [-0.2, -0.15) is 0 Å². The summed E-state index contributed by atoms with van der Waals surface area (Å²) < 4.78 is 15.6. The summed E-state index contributed by atoms with van der Waals surface area (Å²) in [6.45, 7) is 4.70. The van der Waals surface area contributed by atoms with Crippen molar-refractivity contribution in [3.8, 4) is 11.5 Å². The van der Waals surface area contributed by atoms with Crippen LogP contribution >= 0.6 is 0 Å². The van der Waals surface area contributed by atoms with Gasteiger partial charge in [0.2, 0.25) is 0 Å². The van der Waals surface area contributed by atoms with Gasteiger partial charge in [0.25, 0.3) is 11.6 Å².